The number of likely N-dealkylation sites (tertiary alicyclic amines) is 1. The van der Waals surface area contributed by atoms with Gasteiger partial charge in [0.2, 0.25) is 0 Å². The molecule has 172 valence electrons. The number of anilines is 1. The lowest BCUT2D eigenvalue weighted by molar-refractivity contribution is 0.102. The van der Waals surface area contributed by atoms with Gasteiger partial charge >= 0.3 is 6.03 Å². The number of amides is 3. The summed E-state index contributed by atoms with van der Waals surface area (Å²) < 4.78 is 13.3. The fourth-order valence-corrected chi connectivity index (χ4v) is 4.99. The van der Waals surface area contributed by atoms with Crippen LogP contribution in [0.4, 0.5) is 14.9 Å². The molecule has 3 aromatic rings. The maximum Gasteiger partial charge on any atom is 0.314 e. The molecule has 1 aliphatic heterocycles. The first kappa shape index (κ1) is 22.9. The topological polar surface area (TPSA) is 88.3 Å². The van der Waals surface area contributed by atoms with E-state index in [0.717, 1.165) is 61.3 Å². The Morgan fingerprint density at radius 3 is 2.58 bits per heavy atom. The minimum atomic E-state index is -0.331. The van der Waals surface area contributed by atoms with E-state index in [1.807, 2.05) is 24.3 Å². The normalized spacial score (nSPS) is 14.3. The zero-order chi connectivity index (χ0) is 23.2. The zero-order valence-corrected chi connectivity index (χ0v) is 19.1. The summed E-state index contributed by atoms with van der Waals surface area (Å²) in [7, 11) is 0. The highest BCUT2D eigenvalue weighted by Crippen LogP contribution is 2.29. The van der Waals surface area contributed by atoms with Crippen molar-refractivity contribution in [1.82, 2.24) is 9.88 Å². The number of urea groups is 1. The molecule has 3 N–H and O–H groups in total. The highest BCUT2D eigenvalue weighted by Gasteiger charge is 2.21. The van der Waals surface area contributed by atoms with E-state index >= 15 is 0 Å². The van der Waals surface area contributed by atoms with E-state index in [1.54, 1.807) is 22.4 Å². The molecule has 1 aromatic heterocycles. The van der Waals surface area contributed by atoms with Gasteiger partial charge in [0, 0.05) is 29.7 Å². The van der Waals surface area contributed by atoms with E-state index in [9.17, 15) is 14.0 Å². The van der Waals surface area contributed by atoms with Gasteiger partial charge in [0.05, 0.1) is 5.01 Å². The first-order valence-corrected chi connectivity index (χ1v) is 12.0. The van der Waals surface area contributed by atoms with Crippen molar-refractivity contribution in [3.63, 3.8) is 0 Å². The van der Waals surface area contributed by atoms with Gasteiger partial charge in [-0.25, -0.2) is 14.2 Å². The van der Waals surface area contributed by atoms with Crippen molar-refractivity contribution in [2.24, 2.45) is 11.7 Å². The van der Waals surface area contributed by atoms with E-state index in [4.69, 9.17) is 5.73 Å². The van der Waals surface area contributed by atoms with E-state index in [-0.39, 0.29) is 17.8 Å². The average Bonchev–Trinajstić information content (AvgIpc) is 3.30. The molecule has 1 aliphatic rings. The van der Waals surface area contributed by atoms with Crippen LogP contribution in [0.15, 0.2) is 53.9 Å². The molecule has 33 heavy (non-hydrogen) atoms. The number of hydrogen-bond donors (Lipinski definition) is 2. The molecule has 0 spiro atoms. The quantitative estimate of drug-likeness (QED) is 0.494. The fourth-order valence-electron chi connectivity index (χ4n) is 4.17. The summed E-state index contributed by atoms with van der Waals surface area (Å²) in [6.07, 6.45) is 4.89. The van der Waals surface area contributed by atoms with Gasteiger partial charge in [0.1, 0.15) is 11.5 Å². The number of halogens is 1. The third-order valence-electron chi connectivity index (χ3n) is 6.04. The number of nitrogens with one attached hydrogen (secondary N) is 1. The second-order valence-electron chi connectivity index (χ2n) is 8.29. The number of carbonyl (C=O) groups is 2. The van der Waals surface area contributed by atoms with E-state index in [0.29, 0.717) is 17.3 Å². The lowest BCUT2D eigenvalue weighted by Crippen LogP contribution is -2.41. The van der Waals surface area contributed by atoms with Gasteiger partial charge in [-0.2, -0.15) is 0 Å². The third-order valence-corrected chi connectivity index (χ3v) is 6.95. The van der Waals surface area contributed by atoms with Crippen molar-refractivity contribution in [2.45, 2.75) is 32.1 Å². The summed E-state index contributed by atoms with van der Waals surface area (Å²) in [5.74, 6) is 0.0450. The maximum atomic E-state index is 13.3. The van der Waals surface area contributed by atoms with Gasteiger partial charge in [0.15, 0.2) is 0 Å². The van der Waals surface area contributed by atoms with E-state index in [1.165, 1.54) is 23.5 Å². The Morgan fingerprint density at radius 2 is 1.85 bits per heavy atom. The standard InChI is InChI=1S/C25H27FN4O2S/c26-19-10-8-18(9-11-19)20-5-1-2-6-21(20)29-24(31)22-16-33-23(28-22)7-3-4-17-12-14-30(15-13-17)25(27)32/h1-2,5-6,8-11,16-17H,3-4,7,12-15H2,(H2,27,32)(H,29,31). The predicted molar refractivity (Wildman–Crippen MR) is 129 cm³/mol. The predicted octanol–water partition coefficient (Wildman–Crippen LogP) is 5.31. The summed E-state index contributed by atoms with van der Waals surface area (Å²) in [6.45, 7) is 1.47. The minimum Gasteiger partial charge on any atom is -0.351 e. The van der Waals surface area contributed by atoms with Crippen molar-refractivity contribution in [3.05, 3.63) is 70.4 Å². The van der Waals surface area contributed by atoms with Gasteiger partial charge < -0.3 is 16.0 Å². The summed E-state index contributed by atoms with van der Waals surface area (Å²) in [5, 5.41) is 5.68. The highest BCUT2D eigenvalue weighted by atomic mass is 32.1. The molecular weight excluding hydrogens is 439 g/mol. The Balaban J connectivity index is 1.31. The molecule has 0 aliphatic carbocycles. The highest BCUT2D eigenvalue weighted by molar-refractivity contribution is 7.09. The number of primary amides is 1. The third kappa shape index (κ3) is 5.96. The van der Waals surface area contributed by atoms with Gasteiger partial charge in [0.25, 0.3) is 5.91 Å². The molecule has 8 heteroatoms. The number of benzene rings is 2. The van der Waals surface area contributed by atoms with Gasteiger partial charge in [-0.3, -0.25) is 4.79 Å². The molecule has 0 radical (unpaired) electrons. The van der Waals surface area contributed by atoms with Crippen molar-refractivity contribution in [3.8, 4) is 11.1 Å². The van der Waals surface area contributed by atoms with Crippen LogP contribution in [0.3, 0.4) is 0 Å². The first-order chi connectivity index (χ1) is 16.0. The molecule has 4 rings (SSSR count). The van der Waals surface area contributed by atoms with Gasteiger partial charge in [-0.15, -0.1) is 11.3 Å². The molecule has 6 nitrogen and oxygen atoms in total. The number of aromatic nitrogens is 1. The fraction of sp³-hybridized carbons (Fsp3) is 0.320. The summed E-state index contributed by atoms with van der Waals surface area (Å²) in [6, 6.07) is 13.3. The number of nitrogens with two attached hydrogens (primary N) is 1. The Labute approximate surface area is 196 Å². The summed E-state index contributed by atoms with van der Waals surface area (Å²) >= 11 is 1.50. The average molecular weight is 467 g/mol. The van der Waals surface area contributed by atoms with E-state index < -0.39 is 0 Å². The van der Waals surface area contributed by atoms with Crippen LogP contribution in [0.2, 0.25) is 0 Å². The largest absolute Gasteiger partial charge is 0.351 e. The lowest BCUT2D eigenvalue weighted by atomic mass is 9.92. The molecule has 1 saturated heterocycles. The van der Waals surface area contributed by atoms with Gasteiger partial charge in [-0.05, 0) is 61.8 Å². The minimum absolute atomic E-state index is 0.258. The number of thiazole rings is 1. The number of para-hydroxylation sites is 1. The number of hydrogen-bond acceptors (Lipinski definition) is 4. The Bertz CT molecular complexity index is 1110. The number of carbonyl (C=O) groups excluding carboxylic acids is 2. The smallest absolute Gasteiger partial charge is 0.314 e. The number of rotatable bonds is 7. The second-order valence-corrected chi connectivity index (χ2v) is 9.24. The van der Waals surface area contributed by atoms with Crippen LogP contribution in [-0.4, -0.2) is 34.9 Å². The Hall–Kier alpha value is -3.26. The molecule has 2 heterocycles. The van der Waals surface area contributed by atoms with Crippen molar-refractivity contribution in [1.29, 1.82) is 0 Å². The Kier molecular flexibility index (Phi) is 7.34. The van der Waals surface area contributed by atoms with E-state index in [2.05, 4.69) is 10.3 Å². The van der Waals surface area contributed by atoms with Gasteiger partial charge in [-0.1, -0.05) is 30.3 Å². The molecule has 2 aromatic carbocycles. The number of piperidine rings is 1. The molecule has 1 fully saturated rings. The summed E-state index contributed by atoms with van der Waals surface area (Å²) in [4.78, 5) is 30.3. The van der Waals surface area contributed by atoms with Crippen molar-refractivity contribution < 1.29 is 14.0 Å². The van der Waals surface area contributed by atoms with Crippen LogP contribution < -0.4 is 11.1 Å². The number of nitrogens with zero attached hydrogens (tertiary/aromatic N) is 2. The monoisotopic (exact) mass is 466 g/mol. The van der Waals surface area contributed by atoms with Crippen molar-refractivity contribution >= 4 is 29.0 Å². The van der Waals surface area contributed by atoms with Crippen molar-refractivity contribution in [2.75, 3.05) is 18.4 Å². The van der Waals surface area contributed by atoms with Crippen LogP contribution in [-0.2, 0) is 6.42 Å². The SMILES string of the molecule is NC(=O)N1CCC(CCCc2nc(C(=O)Nc3ccccc3-c3ccc(F)cc3)cs2)CC1. The zero-order valence-electron chi connectivity index (χ0n) is 18.3. The van der Waals surface area contributed by atoms with Crippen LogP contribution >= 0.6 is 11.3 Å². The first-order valence-electron chi connectivity index (χ1n) is 11.1. The van der Waals surface area contributed by atoms with Crippen LogP contribution in [0.5, 0.6) is 0 Å². The molecule has 3 amide bonds. The van der Waals surface area contributed by atoms with Crippen LogP contribution in [0.25, 0.3) is 11.1 Å². The Morgan fingerprint density at radius 1 is 1.12 bits per heavy atom. The molecule has 0 atom stereocenters. The molecular formula is C25H27FN4O2S. The molecule has 0 bridgehead atoms. The second kappa shape index (κ2) is 10.6. The number of aryl methyl sites for hydroxylation is 1. The molecule has 0 unspecified atom stereocenters. The lowest BCUT2D eigenvalue weighted by Gasteiger charge is -2.30. The van der Waals surface area contributed by atoms with Crippen LogP contribution in [0.1, 0.15) is 41.2 Å². The summed E-state index contributed by atoms with van der Waals surface area (Å²) in [5.41, 5.74) is 8.05. The maximum absolute atomic E-state index is 13.3. The van der Waals surface area contributed by atoms with Crippen LogP contribution in [0, 0.1) is 11.7 Å². The molecule has 0 saturated carbocycles.